The zero-order valence-corrected chi connectivity index (χ0v) is 17.7. The molecule has 1 saturated carbocycles. The van der Waals surface area contributed by atoms with Gasteiger partial charge >= 0.3 is 5.97 Å². The lowest BCUT2D eigenvalue weighted by Gasteiger charge is -2.42. The van der Waals surface area contributed by atoms with Crippen LogP contribution < -0.4 is 10.2 Å². The van der Waals surface area contributed by atoms with Crippen LogP contribution in [0.4, 0.5) is 0 Å². The number of benzene rings is 1. The normalized spacial score (nSPS) is 25.9. The number of rotatable bonds is 5. The second kappa shape index (κ2) is 7.55. The molecule has 0 N–H and O–H groups in total. The third kappa shape index (κ3) is 3.14. The van der Waals surface area contributed by atoms with Crippen molar-refractivity contribution >= 4 is 11.9 Å². The zero-order valence-electron chi connectivity index (χ0n) is 17.7. The summed E-state index contributed by atoms with van der Waals surface area (Å²) in [5.41, 5.74) is 0.430. The fourth-order valence-corrected chi connectivity index (χ4v) is 5.57. The third-order valence-corrected chi connectivity index (χ3v) is 6.94. The van der Waals surface area contributed by atoms with Crippen molar-refractivity contribution in [3.05, 3.63) is 63.6 Å². The van der Waals surface area contributed by atoms with E-state index in [0.717, 1.165) is 18.4 Å². The summed E-state index contributed by atoms with van der Waals surface area (Å²) in [7, 11) is 0. The van der Waals surface area contributed by atoms with E-state index in [1.54, 1.807) is 11.5 Å². The Morgan fingerprint density at radius 2 is 1.94 bits per heavy atom. The summed E-state index contributed by atoms with van der Waals surface area (Å²) in [6.07, 6.45) is 3.48. The average Bonchev–Trinajstić information content (AvgIpc) is 3.31. The molecule has 1 amide bonds. The Hall–Kier alpha value is -3.09. The molecular weight excluding hydrogens is 396 g/mol. The molecule has 3 heterocycles. The number of amides is 1. The molecule has 1 aliphatic carbocycles. The summed E-state index contributed by atoms with van der Waals surface area (Å²) in [4.78, 5) is 41.2. The van der Waals surface area contributed by atoms with E-state index in [4.69, 9.17) is 9.47 Å². The highest BCUT2D eigenvalue weighted by Gasteiger charge is 2.54. The van der Waals surface area contributed by atoms with E-state index in [0.29, 0.717) is 18.4 Å². The Bertz CT molecular complexity index is 1090. The summed E-state index contributed by atoms with van der Waals surface area (Å²) < 4.78 is 12.8. The number of aromatic nitrogens is 1. The first kappa shape index (κ1) is 19.8. The largest absolute Gasteiger partial charge is 0.483 e. The van der Waals surface area contributed by atoms with Crippen LogP contribution in [0, 0.1) is 11.8 Å². The van der Waals surface area contributed by atoms with Gasteiger partial charge in [0.05, 0.1) is 12.6 Å². The molecule has 4 atom stereocenters. The van der Waals surface area contributed by atoms with Gasteiger partial charge in [0, 0.05) is 18.8 Å². The molecule has 0 spiro atoms. The molecule has 0 unspecified atom stereocenters. The summed E-state index contributed by atoms with van der Waals surface area (Å²) >= 11 is 0. The molecule has 2 aromatic rings. The number of fused-ring (bicyclic) bond motifs is 6. The number of carbonyl (C=O) groups is 2. The maximum Gasteiger partial charge on any atom is 0.343 e. The van der Waals surface area contributed by atoms with E-state index < -0.39 is 11.4 Å². The maximum atomic E-state index is 13.6. The van der Waals surface area contributed by atoms with Crippen LogP contribution in [0.25, 0.3) is 0 Å². The van der Waals surface area contributed by atoms with Crippen LogP contribution in [-0.4, -0.2) is 40.0 Å². The smallest absolute Gasteiger partial charge is 0.343 e. The quantitative estimate of drug-likeness (QED) is 0.693. The maximum absolute atomic E-state index is 13.6. The Kier molecular flexibility index (Phi) is 4.84. The third-order valence-electron chi connectivity index (χ3n) is 6.94. The van der Waals surface area contributed by atoms with Crippen molar-refractivity contribution in [1.29, 1.82) is 0 Å². The van der Waals surface area contributed by atoms with Gasteiger partial charge in [-0.15, -0.1) is 0 Å². The molecule has 2 fully saturated rings. The van der Waals surface area contributed by atoms with Crippen LogP contribution in [0.3, 0.4) is 0 Å². The minimum atomic E-state index is -0.691. The summed E-state index contributed by atoms with van der Waals surface area (Å²) in [5.74, 6) is 0.0861. The summed E-state index contributed by atoms with van der Waals surface area (Å²) in [5, 5.41) is 0. The number of hydrogen-bond acceptors (Lipinski definition) is 5. The molecule has 2 aliphatic heterocycles. The van der Waals surface area contributed by atoms with Gasteiger partial charge in [0.2, 0.25) is 5.43 Å². The van der Waals surface area contributed by atoms with Crippen molar-refractivity contribution in [1.82, 2.24) is 9.47 Å². The molecule has 31 heavy (non-hydrogen) atoms. The Morgan fingerprint density at radius 1 is 1.16 bits per heavy atom. The van der Waals surface area contributed by atoms with Crippen LogP contribution in [-0.2, 0) is 17.9 Å². The predicted octanol–water partition coefficient (Wildman–Crippen LogP) is 2.86. The number of esters is 1. The van der Waals surface area contributed by atoms with Gasteiger partial charge < -0.3 is 18.9 Å². The lowest BCUT2D eigenvalue weighted by molar-refractivity contribution is 0.0406. The second-order valence-corrected chi connectivity index (χ2v) is 8.74. The molecule has 2 bridgehead atoms. The lowest BCUT2D eigenvalue weighted by atomic mass is 9.87. The first-order chi connectivity index (χ1) is 15.0. The van der Waals surface area contributed by atoms with Crippen molar-refractivity contribution in [2.45, 2.75) is 51.9 Å². The Morgan fingerprint density at radius 3 is 2.68 bits per heavy atom. The fourth-order valence-electron chi connectivity index (χ4n) is 5.57. The van der Waals surface area contributed by atoms with Gasteiger partial charge in [0.15, 0.2) is 11.4 Å². The van der Waals surface area contributed by atoms with E-state index >= 15 is 0 Å². The van der Waals surface area contributed by atoms with Gasteiger partial charge in [-0.3, -0.25) is 9.59 Å². The number of carbonyl (C=O) groups excluding carboxylic acids is 2. The van der Waals surface area contributed by atoms with E-state index in [-0.39, 0.29) is 48.2 Å². The minimum Gasteiger partial charge on any atom is -0.483 e. The van der Waals surface area contributed by atoms with E-state index in [1.807, 2.05) is 35.2 Å². The Balaban J connectivity index is 1.59. The predicted molar refractivity (Wildman–Crippen MR) is 113 cm³/mol. The summed E-state index contributed by atoms with van der Waals surface area (Å²) in [6.45, 7) is 4.79. The van der Waals surface area contributed by atoms with Crippen molar-refractivity contribution < 1.29 is 19.1 Å². The molecule has 1 saturated heterocycles. The summed E-state index contributed by atoms with van der Waals surface area (Å²) in [6, 6.07) is 9.74. The molecule has 7 heteroatoms. The highest BCUT2D eigenvalue weighted by Crippen LogP contribution is 2.49. The first-order valence-corrected chi connectivity index (χ1v) is 10.9. The molecule has 1 aromatic carbocycles. The standard InChI is InChI=1S/C24H26N2O5/c1-3-30-24(29)18-11-25-12-19-17-10-16(9-14(17)2)26(19)23(28)20(25)22(21(18)27)31-13-15-7-5-4-6-8-15/h4-8,11,14,16-17,19H,3,9-10,12-13H2,1-2H3/t14-,16+,17+,19-/m1/s1. The molecule has 5 rings (SSSR count). The van der Waals surface area contributed by atoms with Gasteiger partial charge in [0.25, 0.3) is 5.91 Å². The van der Waals surface area contributed by atoms with Crippen molar-refractivity contribution in [3.63, 3.8) is 0 Å². The van der Waals surface area contributed by atoms with Crippen molar-refractivity contribution in [2.24, 2.45) is 11.8 Å². The first-order valence-electron chi connectivity index (χ1n) is 10.9. The van der Waals surface area contributed by atoms with E-state index in [1.165, 1.54) is 6.20 Å². The molecule has 7 nitrogen and oxygen atoms in total. The van der Waals surface area contributed by atoms with Crippen LogP contribution in [0.1, 0.15) is 53.1 Å². The minimum absolute atomic E-state index is 0.0614. The Labute approximate surface area is 180 Å². The van der Waals surface area contributed by atoms with Crippen molar-refractivity contribution in [2.75, 3.05) is 6.61 Å². The van der Waals surface area contributed by atoms with Gasteiger partial charge in [-0.2, -0.15) is 0 Å². The van der Waals surface area contributed by atoms with Crippen LogP contribution in [0.15, 0.2) is 41.3 Å². The fraction of sp³-hybridized carbons (Fsp3) is 0.458. The number of nitrogens with zero attached hydrogens (tertiary/aromatic N) is 2. The number of ether oxygens (including phenoxy) is 2. The van der Waals surface area contributed by atoms with E-state index in [2.05, 4.69) is 6.92 Å². The van der Waals surface area contributed by atoms with Crippen LogP contribution in [0.5, 0.6) is 5.75 Å². The molecule has 0 radical (unpaired) electrons. The van der Waals surface area contributed by atoms with Gasteiger partial charge in [-0.1, -0.05) is 37.3 Å². The monoisotopic (exact) mass is 422 g/mol. The average molecular weight is 422 g/mol. The zero-order chi connectivity index (χ0) is 21.7. The number of piperidine rings is 1. The lowest BCUT2D eigenvalue weighted by Crippen LogP contribution is -2.53. The van der Waals surface area contributed by atoms with Crippen molar-refractivity contribution in [3.8, 4) is 5.75 Å². The number of pyridine rings is 1. The molecule has 1 aromatic heterocycles. The van der Waals surface area contributed by atoms with Crippen LogP contribution >= 0.6 is 0 Å². The highest BCUT2D eigenvalue weighted by atomic mass is 16.5. The van der Waals surface area contributed by atoms with Gasteiger partial charge in [-0.05, 0) is 37.2 Å². The molecule has 3 aliphatic rings. The highest BCUT2D eigenvalue weighted by molar-refractivity contribution is 5.98. The topological polar surface area (TPSA) is 77.8 Å². The number of hydrogen-bond donors (Lipinski definition) is 0. The van der Waals surface area contributed by atoms with E-state index in [9.17, 15) is 14.4 Å². The second-order valence-electron chi connectivity index (χ2n) is 8.74. The SMILES string of the molecule is CCOC(=O)c1cn2c(c(OCc3ccccc3)c1=O)C(=O)N1[C@@H]3C[C@@H]([C@H](C)C3)[C@H]1C2. The van der Waals surface area contributed by atoms with Crippen LogP contribution in [0.2, 0.25) is 0 Å². The molecule has 162 valence electrons. The van der Waals surface area contributed by atoms with Gasteiger partial charge in [0.1, 0.15) is 12.2 Å². The molecular formula is C24H26N2O5. The van der Waals surface area contributed by atoms with Gasteiger partial charge in [-0.25, -0.2) is 4.79 Å².